The minimum Gasteiger partial charge on any atom is -0.493 e. The Kier molecular flexibility index (Phi) is 8.37. The standard InChI is InChI=1S/C35H35FN2O3/c1-4-33(38-20-18-26(19-21-38)34(39)25-12-15-28(36)16-13-25)35(23-37,27-14-17-31(40-2)32(22-27)41-3)30-11-7-9-24-8-5-6-10-29(24)30/h5-17,22,26,33H,4,18-21H2,1-3H3. The van der Waals surface area contributed by atoms with Crippen LogP contribution in [0.3, 0.4) is 0 Å². The van der Waals surface area contributed by atoms with E-state index in [0.29, 0.717) is 43.0 Å². The number of ether oxygens (including phenoxy) is 2. The molecule has 2 unspecified atom stereocenters. The van der Waals surface area contributed by atoms with Crippen LogP contribution in [0.4, 0.5) is 4.39 Å². The van der Waals surface area contributed by atoms with Gasteiger partial charge in [0.1, 0.15) is 11.2 Å². The normalized spacial score (nSPS) is 16.5. The molecule has 6 heteroatoms. The molecule has 1 heterocycles. The van der Waals surface area contributed by atoms with Gasteiger partial charge in [-0.15, -0.1) is 0 Å². The van der Waals surface area contributed by atoms with E-state index >= 15 is 0 Å². The van der Waals surface area contributed by atoms with Gasteiger partial charge in [0, 0.05) is 17.5 Å². The van der Waals surface area contributed by atoms with Crippen LogP contribution in [-0.2, 0) is 5.41 Å². The number of nitriles is 1. The van der Waals surface area contributed by atoms with E-state index in [1.54, 1.807) is 26.4 Å². The van der Waals surface area contributed by atoms with Crippen molar-refractivity contribution in [2.45, 2.75) is 37.6 Å². The van der Waals surface area contributed by atoms with Crippen LogP contribution < -0.4 is 9.47 Å². The Hall–Kier alpha value is -4.21. The fourth-order valence-electron chi connectivity index (χ4n) is 6.54. The third-order valence-electron chi connectivity index (χ3n) is 8.59. The van der Waals surface area contributed by atoms with Crippen LogP contribution in [0, 0.1) is 23.1 Å². The second-order valence-corrected chi connectivity index (χ2v) is 10.6. The van der Waals surface area contributed by atoms with Crippen LogP contribution in [0.1, 0.15) is 47.7 Å². The zero-order valence-electron chi connectivity index (χ0n) is 23.8. The number of methoxy groups -OCH3 is 2. The third kappa shape index (κ3) is 5.18. The van der Waals surface area contributed by atoms with Gasteiger partial charge in [0.2, 0.25) is 0 Å². The fraction of sp³-hybridized carbons (Fsp3) is 0.314. The van der Waals surface area contributed by atoms with E-state index in [4.69, 9.17) is 9.47 Å². The number of likely N-dealkylation sites (tertiary alicyclic amines) is 1. The molecule has 0 saturated carbocycles. The smallest absolute Gasteiger partial charge is 0.166 e. The number of hydrogen-bond acceptors (Lipinski definition) is 5. The highest BCUT2D eigenvalue weighted by Crippen LogP contribution is 2.45. The van der Waals surface area contributed by atoms with Crippen LogP contribution in [-0.4, -0.2) is 44.0 Å². The van der Waals surface area contributed by atoms with Gasteiger partial charge in [0.15, 0.2) is 17.3 Å². The van der Waals surface area contributed by atoms with Gasteiger partial charge in [-0.3, -0.25) is 9.69 Å². The topological polar surface area (TPSA) is 62.6 Å². The summed E-state index contributed by atoms with van der Waals surface area (Å²) in [5.74, 6) is 0.749. The Morgan fingerprint density at radius 2 is 1.66 bits per heavy atom. The highest BCUT2D eigenvalue weighted by atomic mass is 19.1. The summed E-state index contributed by atoms with van der Waals surface area (Å²) in [6.07, 6.45) is 2.08. The molecule has 0 radical (unpaired) electrons. The van der Waals surface area contributed by atoms with Gasteiger partial charge in [0.05, 0.1) is 20.3 Å². The first kappa shape index (κ1) is 28.3. The second kappa shape index (κ2) is 12.1. The maximum absolute atomic E-state index is 13.4. The number of Topliss-reactive ketones (excluding diaryl/α,β-unsaturated/α-hetero) is 1. The second-order valence-electron chi connectivity index (χ2n) is 10.6. The van der Waals surface area contributed by atoms with E-state index < -0.39 is 5.41 Å². The number of carbonyl (C=O) groups is 1. The lowest BCUT2D eigenvalue weighted by molar-refractivity contribution is 0.0735. The molecule has 1 aliphatic rings. The third-order valence-corrected chi connectivity index (χ3v) is 8.59. The monoisotopic (exact) mass is 550 g/mol. The minimum atomic E-state index is -1.02. The number of halogens is 1. The van der Waals surface area contributed by atoms with Crippen LogP contribution in [0.2, 0.25) is 0 Å². The number of fused-ring (bicyclic) bond motifs is 1. The summed E-state index contributed by atoms with van der Waals surface area (Å²) in [5.41, 5.74) is 1.31. The number of benzene rings is 4. The van der Waals surface area contributed by atoms with Crippen molar-refractivity contribution in [3.63, 3.8) is 0 Å². The Morgan fingerprint density at radius 3 is 2.32 bits per heavy atom. The molecular weight excluding hydrogens is 515 g/mol. The molecule has 5 rings (SSSR count). The molecule has 1 saturated heterocycles. The number of rotatable bonds is 9. The van der Waals surface area contributed by atoms with Crippen molar-refractivity contribution >= 4 is 16.6 Å². The lowest BCUT2D eigenvalue weighted by atomic mass is 9.67. The van der Waals surface area contributed by atoms with E-state index in [-0.39, 0.29) is 23.6 Å². The van der Waals surface area contributed by atoms with Crippen molar-refractivity contribution in [3.8, 4) is 17.6 Å². The van der Waals surface area contributed by atoms with Gasteiger partial charge in [-0.2, -0.15) is 5.26 Å². The van der Waals surface area contributed by atoms with Gasteiger partial charge >= 0.3 is 0 Å². The van der Waals surface area contributed by atoms with Crippen LogP contribution in [0.25, 0.3) is 10.8 Å². The van der Waals surface area contributed by atoms with Crippen LogP contribution in [0.15, 0.2) is 84.9 Å². The lowest BCUT2D eigenvalue weighted by Crippen LogP contribution is -2.53. The maximum atomic E-state index is 13.4. The van der Waals surface area contributed by atoms with Gasteiger partial charge in [-0.05, 0) is 90.6 Å². The van der Waals surface area contributed by atoms with Gasteiger partial charge < -0.3 is 9.47 Å². The molecule has 0 aliphatic carbocycles. The Balaban J connectivity index is 1.57. The van der Waals surface area contributed by atoms with Crippen molar-refractivity contribution in [3.05, 3.63) is 107 Å². The molecule has 0 spiro atoms. The van der Waals surface area contributed by atoms with Gasteiger partial charge in [-0.25, -0.2) is 4.39 Å². The summed E-state index contributed by atoms with van der Waals surface area (Å²) in [7, 11) is 3.21. The van der Waals surface area contributed by atoms with E-state index in [1.807, 2.05) is 36.4 Å². The van der Waals surface area contributed by atoms with Crippen molar-refractivity contribution in [1.82, 2.24) is 4.90 Å². The first-order valence-electron chi connectivity index (χ1n) is 14.1. The Labute approximate surface area is 241 Å². The molecule has 0 bridgehead atoms. The predicted molar refractivity (Wildman–Crippen MR) is 159 cm³/mol. The number of nitrogens with zero attached hydrogens (tertiary/aromatic N) is 2. The van der Waals surface area contributed by atoms with Gasteiger partial charge in [-0.1, -0.05) is 55.5 Å². The average Bonchev–Trinajstić information content (AvgIpc) is 3.03. The minimum absolute atomic E-state index is 0.0539. The summed E-state index contributed by atoms with van der Waals surface area (Å²) in [6.45, 7) is 3.48. The first-order valence-corrected chi connectivity index (χ1v) is 14.1. The summed E-state index contributed by atoms with van der Waals surface area (Å²) in [4.78, 5) is 15.6. The molecule has 210 valence electrons. The molecular formula is C35H35FN2O3. The molecule has 0 amide bonds. The summed E-state index contributed by atoms with van der Waals surface area (Å²) in [6, 6.07) is 28.5. The maximum Gasteiger partial charge on any atom is 0.166 e. The Bertz CT molecular complexity index is 1570. The lowest BCUT2D eigenvalue weighted by Gasteiger charge is -2.45. The molecule has 2 atom stereocenters. The fourth-order valence-corrected chi connectivity index (χ4v) is 6.54. The van der Waals surface area contributed by atoms with E-state index in [1.165, 1.54) is 12.1 Å². The number of carbonyl (C=O) groups excluding carboxylic acids is 1. The zero-order valence-corrected chi connectivity index (χ0v) is 23.8. The Morgan fingerprint density at radius 1 is 0.976 bits per heavy atom. The molecule has 0 aromatic heterocycles. The highest BCUT2D eigenvalue weighted by Gasteiger charge is 2.47. The van der Waals surface area contributed by atoms with E-state index in [2.05, 4.69) is 42.2 Å². The summed E-state index contributed by atoms with van der Waals surface area (Å²) in [5, 5.41) is 13.3. The molecule has 0 N–H and O–H groups in total. The van der Waals surface area contributed by atoms with Crippen molar-refractivity contribution in [1.29, 1.82) is 5.26 Å². The highest BCUT2D eigenvalue weighted by molar-refractivity contribution is 5.97. The SMILES string of the molecule is CCC(N1CCC(C(=O)c2ccc(F)cc2)CC1)C(C#N)(c1ccc(OC)c(OC)c1)c1cccc2ccccc12. The van der Waals surface area contributed by atoms with E-state index in [9.17, 15) is 14.4 Å². The number of hydrogen-bond donors (Lipinski definition) is 0. The van der Waals surface area contributed by atoms with Gasteiger partial charge in [0.25, 0.3) is 0 Å². The number of piperidine rings is 1. The van der Waals surface area contributed by atoms with Crippen LogP contribution in [0.5, 0.6) is 11.5 Å². The quantitative estimate of drug-likeness (QED) is 0.207. The number of ketones is 1. The van der Waals surface area contributed by atoms with Crippen molar-refractivity contribution in [2.75, 3.05) is 27.3 Å². The largest absolute Gasteiger partial charge is 0.493 e. The van der Waals surface area contributed by atoms with Crippen LogP contribution >= 0.6 is 0 Å². The van der Waals surface area contributed by atoms with Crippen molar-refractivity contribution in [2.24, 2.45) is 5.92 Å². The molecule has 4 aromatic rings. The molecule has 41 heavy (non-hydrogen) atoms. The zero-order chi connectivity index (χ0) is 29.0. The van der Waals surface area contributed by atoms with Crippen molar-refractivity contribution < 1.29 is 18.7 Å². The molecule has 5 nitrogen and oxygen atoms in total. The first-order chi connectivity index (χ1) is 20.0. The average molecular weight is 551 g/mol. The molecule has 1 aliphatic heterocycles. The predicted octanol–water partition coefficient (Wildman–Crippen LogP) is 7.18. The molecule has 1 fully saturated rings. The molecule has 4 aromatic carbocycles. The summed E-state index contributed by atoms with van der Waals surface area (Å²) < 4.78 is 24.6. The van der Waals surface area contributed by atoms with E-state index in [0.717, 1.165) is 28.3 Å². The summed E-state index contributed by atoms with van der Waals surface area (Å²) >= 11 is 0.